The maximum atomic E-state index is 12.6. The van der Waals surface area contributed by atoms with Gasteiger partial charge in [-0.05, 0) is 49.9 Å². The first kappa shape index (κ1) is 19.1. The van der Waals surface area contributed by atoms with E-state index in [1.165, 1.54) is 24.8 Å². The number of aromatic nitrogens is 1. The number of carbonyl (C=O) groups is 1. The van der Waals surface area contributed by atoms with Crippen molar-refractivity contribution in [1.82, 2.24) is 15.2 Å². The molecule has 1 aliphatic carbocycles. The number of carbonyl (C=O) groups excluding carboxylic acids is 1. The molecular formula is C24H31N3O. The summed E-state index contributed by atoms with van der Waals surface area (Å²) in [5, 5.41) is 3.26. The Hall–Kier alpha value is -2.20. The Labute approximate surface area is 168 Å². The van der Waals surface area contributed by atoms with Crippen molar-refractivity contribution in [1.29, 1.82) is 0 Å². The van der Waals surface area contributed by atoms with Gasteiger partial charge in [0.25, 0.3) is 0 Å². The minimum Gasteiger partial charge on any atom is -0.352 e. The van der Waals surface area contributed by atoms with Gasteiger partial charge in [-0.3, -0.25) is 14.7 Å². The molecule has 1 atom stereocenters. The average molecular weight is 378 g/mol. The van der Waals surface area contributed by atoms with Crippen molar-refractivity contribution >= 4 is 5.91 Å². The van der Waals surface area contributed by atoms with E-state index in [2.05, 4.69) is 52.7 Å². The zero-order valence-electron chi connectivity index (χ0n) is 16.6. The monoisotopic (exact) mass is 377 g/mol. The van der Waals surface area contributed by atoms with Crippen LogP contribution in [0, 0.1) is 0 Å². The Kier molecular flexibility index (Phi) is 6.38. The van der Waals surface area contributed by atoms with Crippen LogP contribution in [0.5, 0.6) is 0 Å². The zero-order chi connectivity index (χ0) is 19.2. The molecule has 1 N–H and O–H groups in total. The summed E-state index contributed by atoms with van der Waals surface area (Å²) in [6.07, 6.45) is 9.14. The molecule has 1 saturated carbocycles. The highest BCUT2D eigenvalue weighted by atomic mass is 16.2. The molecule has 2 fully saturated rings. The van der Waals surface area contributed by atoms with Gasteiger partial charge in [-0.2, -0.15) is 0 Å². The zero-order valence-corrected chi connectivity index (χ0v) is 16.6. The highest BCUT2D eigenvalue weighted by Gasteiger charge is 2.29. The first-order valence-corrected chi connectivity index (χ1v) is 10.8. The summed E-state index contributed by atoms with van der Waals surface area (Å²) < 4.78 is 0. The molecule has 4 heteroatoms. The minimum atomic E-state index is 0.180. The van der Waals surface area contributed by atoms with E-state index in [1.54, 1.807) is 0 Å². The van der Waals surface area contributed by atoms with Crippen molar-refractivity contribution < 1.29 is 4.79 Å². The van der Waals surface area contributed by atoms with Crippen LogP contribution in [0.15, 0.2) is 48.5 Å². The van der Waals surface area contributed by atoms with Crippen LogP contribution in [0.4, 0.5) is 0 Å². The molecule has 0 radical (unpaired) electrons. The van der Waals surface area contributed by atoms with Crippen LogP contribution in [0.2, 0.25) is 0 Å². The summed E-state index contributed by atoms with van der Waals surface area (Å²) in [6.45, 7) is 1.47. The third-order valence-corrected chi connectivity index (χ3v) is 6.08. The van der Waals surface area contributed by atoms with Gasteiger partial charge in [0, 0.05) is 18.2 Å². The SMILES string of the molecule is O=C(CN1CCC[C@@H]1c1cccc(Cc2ccccc2)n1)NC1CCCCC1. The molecule has 148 valence electrons. The molecule has 0 bridgehead atoms. The first-order valence-electron chi connectivity index (χ1n) is 10.8. The average Bonchev–Trinajstić information content (AvgIpc) is 3.18. The molecule has 0 spiro atoms. The number of hydrogen-bond acceptors (Lipinski definition) is 3. The summed E-state index contributed by atoms with van der Waals surface area (Å²) in [5.41, 5.74) is 3.49. The van der Waals surface area contributed by atoms with Crippen molar-refractivity contribution in [3.05, 3.63) is 65.5 Å². The van der Waals surface area contributed by atoms with Gasteiger partial charge in [0.1, 0.15) is 0 Å². The predicted octanol–water partition coefficient (Wildman–Crippen LogP) is 4.26. The van der Waals surface area contributed by atoms with Crippen LogP contribution >= 0.6 is 0 Å². The Morgan fingerprint density at radius 2 is 1.79 bits per heavy atom. The molecule has 1 aromatic carbocycles. The first-order chi connectivity index (χ1) is 13.8. The van der Waals surface area contributed by atoms with Crippen LogP contribution in [-0.4, -0.2) is 34.9 Å². The fraction of sp³-hybridized carbons (Fsp3) is 0.500. The van der Waals surface area contributed by atoms with Gasteiger partial charge in [-0.15, -0.1) is 0 Å². The number of nitrogens with one attached hydrogen (secondary N) is 1. The molecule has 2 aromatic rings. The summed E-state index contributed by atoms with van der Waals surface area (Å²) in [4.78, 5) is 19.8. The minimum absolute atomic E-state index is 0.180. The molecule has 0 unspecified atom stereocenters. The van der Waals surface area contributed by atoms with Gasteiger partial charge in [-0.1, -0.05) is 55.7 Å². The largest absolute Gasteiger partial charge is 0.352 e. The molecule has 4 nitrogen and oxygen atoms in total. The standard InChI is InChI=1S/C24H31N3O/c28-24(26-20-11-5-2-6-12-20)18-27-16-8-15-23(27)22-14-7-13-21(25-22)17-19-9-3-1-4-10-19/h1,3-4,7,9-10,13-14,20,23H,2,5-6,8,11-12,15-18H2,(H,26,28)/t23-/m1/s1. The number of likely N-dealkylation sites (tertiary alicyclic amines) is 1. The lowest BCUT2D eigenvalue weighted by Crippen LogP contribution is -2.42. The van der Waals surface area contributed by atoms with Crippen LogP contribution < -0.4 is 5.32 Å². The van der Waals surface area contributed by atoms with Crippen molar-refractivity contribution in [2.45, 2.75) is 63.5 Å². The number of amides is 1. The number of pyridine rings is 1. The molecule has 1 amide bonds. The van der Waals surface area contributed by atoms with E-state index in [-0.39, 0.29) is 11.9 Å². The molecule has 1 aliphatic heterocycles. The van der Waals surface area contributed by atoms with E-state index in [0.717, 1.165) is 50.0 Å². The van der Waals surface area contributed by atoms with E-state index < -0.39 is 0 Å². The maximum Gasteiger partial charge on any atom is 0.234 e. The summed E-state index contributed by atoms with van der Waals surface area (Å²) in [5.74, 6) is 0.180. The van der Waals surface area contributed by atoms with Crippen LogP contribution in [-0.2, 0) is 11.2 Å². The molecule has 2 heterocycles. The van der Waals surface area contributed by atoms with Gasteiger partial charge in [0.05, 0.1) is 18.3 Å². The second-order valence-electron chi connectivity index (χ2n) is 8.25. The molecule has 2 aliphatic rings. The summed E-state index contributed by atoms with van der Waals surface area (Å²) in [6, 6.07) is 17.5. The maximum absolute atomic E-state index is 12.6. The lowest BCUT2D eigenvalue weighted by Gasteiger charge is -2.27. The van der Waals surface area contributed by atoms with E-state index in [1.807, 2.05) is 6.07 Å². The van der Waals surface area contributed by atoms with Crippen molar-refractivity contribution in [2.24, 2.45) is 0 Å². The van der Waals surface area contributed by atoms with Gasteiger partial charge < -0.3 is 5.32 Å². The number of rotatable bonds is 6. The topological polar surface area (TPSA) is 45.2 Å². The highest BCUT2D eigenvalue weighted by Crippen LogP contribution is 2.30. The predicted molar refractivity (Wildman–Crippen MR) is 112 cm³/mol. The third-order valence-electron chi connectivity index (χ3n) is 6.08. The molecule has 1 aromatic heterocycles. The molecule has 4 rings (SSSR count). The second kappa shape index (κ2) is 9.33. The van der Waals surface area contributed by atoms with Gasteiger partial charge in [0.2, 0.25) is 5.91 Å². The van der Waals surface area contributed by atoms with Gasteiger partial charge >= 0.3 is 0 Å². The Morgan fingerprint density at radius 1 is 0.964 bits per heavy atom. The molecular weight excluding hydrogens is 346 g/mol. The number of nitrogens with zero attached hydrogens (tertiary/aromatic N) is 2. The lowest BCUT2D eigenvalue weighted by molar-refractivity contribution is -0.123. The van der Waals surface area contributed by atoms with Crippen LogP contribution in [0.1, 0.15) is 67.9 Å². The van der Waals surface area contributed by atoms with Gasteiger partial charge in [-0.25, -0.2) is 0 Å². The van der Waals surface area contributed by atoms with E-state index in [4.69, 9.17) is 4.98 Å². The Bertz CT molecular complexity index is 770. The van der Waals surface area contributed by atoms with E-state index in [9.17, 15) is 4.79 Å². The van der Waals surface area contributed by atoms with Crippen molar-refractivity contribution in [3.8, 4) is 0 Å². The van der Waals surface area contributed by atoms with Crippen LogP contribution in [0.3, 0.4) is 0 Å². The smallest absolute Gasteiger partial charge is 0.234 e. The second-order valence-corrected chi connectivity index (χ2v) is 8.25. The highest BCUT2D eigenvalue weighted by molar-refractivity contribution is 5.78. The number of hydrogen-bond donors (Lipinski definition) is 1. The lowest BCUT2D eigenvalue weighted by atomic mass is 9.95. The van der Waals surface area contributed by atoms with Crippen molar-refractivity contribution in [3.63, 3.8) is 0 Å². The van der Waals surface area contributed by atoms with E-state index in [0.29, 0.717) is 12.6 Å². The fourth-order valence-corrected chi connectivity index (χ4v) is 4.64. The quantitative estimate of drug-likeness (QED) is 0.818. The molecule has 28 heavy (non-hydrogen) atoms. The molecule has 1 saturated heterocycles. The normalized spacial score (nSPS) is 20.9. The summed E-state index contributed by atoms with van der Waals surface area (Å²) >= 11 is 0. The Balaban J connectivity index is 1.38. The van der Waals surface area contributed by atoms with Crippen LogP contribution in [0.25, 0.3) is 0 Å². The fourth-order valence-electron chi connectivity index (χ4n) is 4.64. The summed E-state index contributed by atoms with van der Waals surface area (Å²) in [7, 11) is 0. The number of benzene rings is 1. The van der Waals surface area contributed by atoms with E-state index >= 15 is 0 Å². The third kappa shape index (κ3) is 4.99. The Morgan fingerprint density at radius 3 is 2.61 bits per heavy atom. The van der Waals surface area contributed by atoms with Crippen molar-refractivity contribution in [2.75, 3.05) is 13.1 Å². The van der Waals surface area contributed by atoms with Gasteiger partial charge in [0.15, 0.2) is 0 Å².